The normalized spacial score (nSPS) is 18.8. The number of anilines is 1. The third kappa shape index (κ3) is 4.98. The van der Waals surface area contributed by atoms with Crippen LogP contribution in [0.4, 0.5) is 19.0 Å². The van der Waals surface area contributed by atoms with Crippen LogP contribution < -0.4 is 20.1 Å². The summed E-state index contributed by atoms with van der Waals surface area (Å²) >= 11 is 0. The van der Waals surface area contributed by atoms with Crippen molar-refractivity contribution in [1.82, 2.24) is 15.1 Å². The van der Waals surface area contributed by atoms with Crippen molar-refractivity contribution >= 4 is 11.7 Å². The highest BCUT2D eigenvalue weighted by molar-refractivity contribution is 5.80. The molecular weight excluding hydrogens is 473 g/mol. The second kappa shape index (κ2) is 9.75. The second-order valence-electron chi connectivity index (χ2n) is 8.98. The molecule has 0 bridgehead atoms. The van der Waals surface area contributed by atoms with Gasteiger partial charge in [0.25, 0.3) is 0 Å². The van der Waals surface area contributed by atoms with Crippen molar-refractivity contribution < 1.29 is 27.4 Å². The van der Waals surface area contributed by atoms with Crippen molar-refractivity contribution in [3.8, 4) is 11.5 Å². The molecule has 0 radical (unpaired) electrons. The van der Waals surface area contributed by atoms with E-state index in [0.717, 1.165) is 27.8 Å². The first-order chi connectivity index (χ1) is 17.3. The highest BCUT2D eigenvalue weighted by Crippen LogP contribution is 2.44. The van der Waals surface area contributed by atoms with Crippen LogP contribution in [0.5, 0.6) is 11.5 Å². The molecule has 1 aromatic heterocycles. The van der Waals surface area contributed by atoms with Crippen molar-refractivity contribution in [1.29, 1.82) is 0 Å². The van der Waals surface area contributed by atoms with Crippen molar-refractivity contribution in [2.45, 2.75) is 51.0 Å². The molecule has 10 heteroatoms. The Kier molecular flexibility index (Phi) is 6.51. The minimum atomic E-state index is -4.47. The Bertz CT molecular complexity index is 1240. The zero-order valence-electron chi connectivity index (χ0n) is 19.8. The Balaban J connectivity index is 1.31. The Morgan fingerprint density at radius 1 is 1.11 bits per heavy atom. The molecule has 3 aromatic rings. The van der Waals surface area contributed by atoms with E-state index in [9.17, 15) is 18.0 Å². The number of carbonyl (C=O) groups excluding carboxylic acids is 1. The Hall–Kier alpha value is -3.69. The van der Waals surface area contributed by atoms with Gasteiger partial charge in [-0.2, -0.15) is 18.3 Å². The van der Waals surface area contributed by atoms with E-state index >= 15 is 0 Å². The van der Waals surface area contributed by atoms with E-state index in [2.05, 4.69) is 15.7 Å². The van der Waals surface area contributed by atoms with Gasteiger partial charge in [0.1, 0.15) is 19.0 Å². The molecule has 7 nitrogen and oxygen atoms in total. The van der Waals surface area contributed by atoms with E-state index in [1.165, 1.54) is 6.20 Å². The van der Waals surface area contributed by atoms with Crippen molar-refractivity contribution in [2.24, 2.45) is 0 Å². The summed E-state index contributed by atoms with van der Waals surface area (Å²) in [6.07, 6.45) is -2.56. The van der Waals surface area contributed by atoms with E-state index in [1.54, 1.807) is 12.1 Å². The molecule has 0 aliphatic carbocycles. The first-order valence-electron chi connectivity index (χ1n) is 12.0. The highest BCUT2D eigenvalue weighted by atomic mass is 19.4. The number of amides is 1. The van der Waals surface area contributed by atoms with Crippen LogP contribution in [0.25, 0.3) is 0 Å². The van der Waals surface area contributed by atoms with Gasteiger partial charge < -0.3 is 20.1 Å². The lowest BCUT2D eigenvalue weighted by Gasteiger charge is -2.34. The largest absolute Gasteiger partial charge is 0.486 e. The Morgan fingerprint density at radius 2 is 1.83 bits per heavy atom. The van der Waals surface area contributed by atoms with Crippen LogP contribution in [-0.2, 0) is 24.2 Å². The molecule has 190 valence electrons. The molecule has 2 aliphatic rings. The number of carbonyl (C=O) groups is 1. The number of fused-ring (bicyclic) bond motifs is 2. The van der Waals surface area contributed by atoms with Gasteiger partial charge in [0.05, 0.1) is 18.7 Å². The van der Waals surface area contributed by atoms with Crippen LogP contribution in [0.15, 0.2) is 48.7 Å². The number of hydrogen-bond donors (Lipinski definition) is 2. The number of halogens is 3. The predicted molar refractivity (Wildman–Crippen MR) is 127 cm³/mol. The number of nitrogens with zero attached hydrogens (tertiary/aromatic N) is 2. The first-order valence-corrected chi connectivity index (χ1v) is 12.0. The number of aromatic nitrogens is 2. The molecule has 0 saturated heterocycles. The molecule has 2 aromatic carbocycles. The van der Waals surface area contributed by atoms with Gasteiger partial charge in [-0.1, -0.05) is 37.3 Å². The van der Waals surface area contributed by atoms with Crippen LogP contribution in [0.3, 0.4) is 0 Å². The SMILES string of the molecule is CCc1ccc([C@H]2C[C@@H](C(F)(F)F)n3ncc(CC(=O)NCc4ccc5c(c4)OCCO5)c3N2)cc1. The quantitative estimate of drug-likeness (QED) is 0.512. The van der Waals surface area contributed by atoms with E-state index in [4.69, 9.17) is 9.47 Å². The van der Waals surface area contributed by atoms with E-state index in [0.29, 0.717) is 30.3 Å². The summed E-state index contributed by atoms with van der Waals surface area (Å²) < 4.78 is 53.9. The van der Waals surface area contributed by atoms with E-state index in [1.807, 2.05) is 37.3 Å². The lowest BCUT2D eigenvalue weighted by molar-refractivity contribution is -0.173. The fourth-order valence-electron chi connectivity index (χ4n) is 4.58. The summed E-state index contributed by atoms with van der Waals surface area (Å²) in [5, 5.41) is 10.0. The van der Waals surface area contributed by atoms with Gasteiger partial charge in [-0.3, -0.25) is 4.79 Å². The van der Waals surface area contributed by atoms with Gasteiger partial charge >= 0.3 is 6.18 Å². The summed E-state index contributed by atoms with van der Waals surface area (Å²) in [5.41, 5.74) is 3.12. The number of benzene rings is 2. The topological polar surface area (TPSA) is 77.4 Å². The zero-order chi connectivity index (χ0) is 25.3. The molecule has 0 unspecified atom stereocenters. The van der Waals surface area contributed by atoms with E-state index < -0.39 is 18.3 Å². The standard InChI is InChI=1S/C26H27F3N4O3/c1-2-16-3-6-18(7-4-16)20-13-23(26(27,28)29)33-25(32-20)19(15-31-33)12-24(34)30-14-17-5-8-21-22(11-17)36-10-9-35-21/h3-8,11,15,20,23,32H,2,9-10,12-14H2,1H3,(H,30,34)/t20-,23+/m1/s1. The van der Waals surface area contributed by atoms with Crippen molar-refractivity contribution in [3.05, 3.63) is 70.9 Å². The minimum absolute atomic E-state index is 0.0983. The molecule has 36 heavy (non-hydrogen) atoms. The maximum atomic E-state index is 13.9. The van der Waals surface area contributed by atoms with Crippen LogP contribution in [0, 0.1) is 0 Å². The molecule has 3 heterocycles. The average Bonchev–Trinajstić information content (AvgIpc) is 3.28. The van der Waals surface area contributed by atoms with Crippen LogP contribution in [0.2, 0.25) is 0 Å². The van der Waals surface area contributed by atoms with Gasteiger partial charge in [0.15, 0.2) is 17.5 Å². The number of alkyl halides is 3. The number of rotatable bonds is 6. The van der Waals surface area contributed by atoms with Crippen LogP contribution in [0.1, 0.15) is 47.7 Å². The molecule has 2 aliphatic heterocycles. The monoisotopic (exact) mass is 500 g/mol. The van der Waals surface area contributed by atoms with Gasteiger partial charge in [0, 0.05) is 18.5 Å². The third-order valence-corrected chi connectivity index (χ3v) is 6.55. The minimum Gasteiger partial charge on any atom is -0.486 e. The fraction of sp³-hybridized carbons (Fsp3) is 0.385. The zero-order valence-corrected chi connectivity index (χ0v) is 19.8. The van der Waals surface area contributed by atoms with Crippen LogP contribution >= 0.6 is 0 Å². The Labute approximate surface area is 206 Å². The van der Waals surface area contributed by atoms with Crippen LogP contribution in [-0.4, -0.2) is 35.1 Å². The lowest BCUT2D eigenvalue weighted by atomic mass is 9.95. The summed E-state index contributed by atoms with van der Waals surface area (Å²) in [5.74, 6) is 1.19. The number of aryl methyl sites for hydroxylation is 1. The van der Waals surface area contributed by atoms with E-state index in [-0.39, 0.29) is 31.1 Å². The smallest absolute Gasteiger partial charge is 0.410 e. The average molecular weight is 501 g/mol. The molecule has 1 amide bonds. The maximum Gasteiger partial charge on any atom is 0.410 e. The fourth-order valence-corrected chi connectivity index (χ4v) is 4.58. The van der Waals surface area contributed by atoms with Gasteiger partial charge in [-0.15, -0.1) is 0 Å². The highest BCUT2D eigenvalue weighted by Gasteiger charge is 2.47. The summed E-state index contributed by atoms with van der Waals surface area (Å²) in [7, 11) is 0. The number of hydrogen-bond acceptors (Lipinski definition) is 5. The maximum absolute atomic E-state index is 13.9. The summed E-state index contributed by atoms with van der Waals surface area (Å²) in [6.45, 7) is 3.24. The Morgan fingerprint density at radius 3 is 2.56 bits per heavy atom. The first kappa shape index (κ1) is 24.0. The van der Waals surface area contributed by atoms with Crippen molar-refractivity contribution in [2.75, 3.05) is 18.5 Å². The molecule has 0 spiro atoms. The second-order valence-corrected chi connectivity index (χ2v) is 8.98. The number of nitrogens with one attached hydrogen (secondary N) is 2. The predicted octanol–water partition coefficient (Wildman–Crippen LogP) is 4.74. The molecule has 2 atom stereocenters. The van der Waals surface area contributed by atoms with Gasteiger partial charge in [-0.05, 0) is 35.2 Å². The van der Waals surface area contributed by atoms with Crippen molar-refractivity contribution in [3.63, 3.8) is 0 Å². The van der Waals surface area contributed by atoms with Gasteiger partial charge in [-0.25, -0.2) is 4.68 Å². The molecule has 0 saturated carbocycles. The molecular formula is C26H27F3N4O3. The molecule has 0 fully saturated rings. The van der Waals surface area contributed by atoms with Gasteiger partial charge in [0.2, 0.25) is 5.91 Å². The summed E-state index contributed by atoms with van der Waals surface area (Å²) in [6, 6.07) is 10.7. The molecule has 5 rings (SSSR count). The summed E-state index contributed by atoms with van der Waals surface area (Å²) in [4.78, 5) is 12.7. The third-order valence-electron chi connectivity index (χ3n) is 6.55. The number of ether oxygens (including phenoxy) is 2. The lowest BCUT2D eigenvalue weighted by Crippen LogP contribution is -2.36. The molecule has 2 N–H and O–H groups in total.